The fourth-order valence-electron chi connectivity index (χ4n) is 3.68. The van der Waals surface area contributed by atoms with Gasteiger partial charge in [-0.05, 0) is 48.0 Å². The van der Waals surface area contributed by atoms with Gasteiger partial charge in [-0.25, -0.2) is 13.6 Å². The van der Waals surface area contributed by atoms with E-state index in [-0.39, 0.29) is 40.3 Å². The van der Waals surface area contributed by atoms with Gasteiger partial charge in [0, 0.05) is 29.4 Å². The molecule has 1 saturated heterocycles. The fraction of sp³-hybridized carbons (Fsp3) is 0.200. The average Bonchev–Trinajstić information content (AvgIpc) is 2.86. The highest BCUT2D eigenvalue weighted by molar-refractivity contribution is 7.89. The van der Waals surface area contributed by atoms with Gasteiger partial charge in [0.05, 0.1) is 19.6 Å². The zero-order valence-electron chi connectivity index (χ0n) is 19.1. The predicted molar refractivity (Wildman–Crippen MR) is 135 cm³/mol. The van der Waals surface area contributed by atoms with Crippen LogP contribution in [0.2, 0.25) is 5.02 Å². The molecule has 3 aromatic rings. The number of nitrogens with zero attached hydrogens (tertiary/aromatic N) is 1. The van der Waals surface area contributed by atoms with Crippen molar-refractivity contribution in [3.05, 3.63) is 82.9 Å². The quantitative estimate of drug-likeness (QED) is 0.482. The Bertz CT molecular complexity index is 1390. The van der Waals surface area contributed by atoms with Gasteiger partial charge in [-0.1, -0.05) is 35.9 Å². The van der Waals surface area contributed by atoms with Crippen LogP contribution in [0.3, 0.4) is 0 Å². The van der Waals surface area contributed by atoms with Crippen LogP contribution in [-0.2, 0) is 26.0 Å². The van der Waals surface area contributed by atoms with Gasteiger partial charge in [-0.15, -0.1) is 0 Å². The number of benzene rings is 3. The summed E-state index contributed by atoms with van der Waals surface area (Å²) in [7, 11) is -4.21. The van der Waals surface area contributed by atoms with E-state index >= 15 is 0 Å². The molecule has 4 rings (SSSR count). The molecule has 2 amide bonds. The van der Waals surface area contributed by atoms with Gasteiger partial charge < -0.3 is 19.7 Å². The first-order chi connectivity index (χ1) is 17.2. The molecule has 36 heavy (non-hydrogen) atoms. The molecule has 0 unspecified atom stereocenters. The van der Waals surface area contributed by atoms with Crippen molar-refractivity contribution in [2.45, 2.75) is 11.3 Å². The Morgan fingerprint density at radius 1 is 1.03 bits per heavy atom. The zero-order valence-corrected chi connectivity index (χ0v) is 20.7. The summed E-state index contributed by atoms with van der Waals surface area (Å²) in [4.78, 5) is 26.6. The van der Waals surface area contributed by atoms with Crippen LogP contribution in [0.1, 0.15) is 15.9 Å². The number of hydrogen-bond donors (Lipinski definition) is 2. The van der Waals surface area contributed by atoms with Crippen molar-refractivity contribution in [1.82, 2.24) is 4.90 Å². The molecule has 9 nitrogen and oxygen atoms in total. The fourth-order valence-corrected chi connectivity index (χ4v) is 4.56. The first kappa shape index (κ1) is 25.6. The van der Waals surface area contributed by atoms with Gasteiger partial charge in [0.15, 0.2) is 0 Å². The Kier molecular flexibility index (Phi) is 7.90. The Hall–Kier alpha value is -3.44. The summed E-state index contributed by atoms with van der Waals surface area (Å²) in [6.45, 7) is 1.92. The summed E-state index contributed by atoms with van der Waals surface area (Å²) in [5.41, 5.74) is 1.25. The second-order valence-electron chi connectivity index (χ2n) is 8.06. The maximum absolute atomic E-state index is 12.8. The molecular weight excluding hydrogens is 506 g/mol. The number of nitrogens with two attached hydrogens (primary N) is 1. The second-order valence-corrected chi connectivity index (χ2v) is 9.99. The Balaban J connectivity index is 1.53. The average molecular weight is 530 g/mol. The molecule has 3 aromatic carbocycles. The summed E-state index contributed by atoms with van der Waals surface area (Å²) in [5, 5.41) is 8.52. The molecular formula is C25H24ClN3O6S. The van der Waals surface area contributed by atoms with E-state index in [1.165, 1.54) is 24.3 Å². The van der Waals surface area contributed by atoms with Crippen molar-refractivity contribution in [2.24, 2.45) is 5.14 Å². The lowest BCUT2D eigenvalue weighted by atomic mass is 10.1. The number of halogens is 1. The molecule has 0 spiro atoms. The zero-order chi connectivity index (χ0) is 25.7. The van der Waals surface area contributed by atoms with Gasteiger partial charge in [-0.2, -0.15) is 0 Å². The van der Waals surface area contributed by atoms with Crippen LogP contribution < -0.4 is 15.2 Å². The Morgan fingerprint density at radius 2 is 1.78 bits per heavy atom. The molecule has 0 radical (unpaired) electrons. The minimum absolute atomic E-state index is 0.00654. The SMILES string of the molecule is NS(=O)(=O)c1cc(NC(=O)Cc2ccccc2Cl)ccc1Oc1cccc(C(=O)N2CCOCC2)c1. The molecule has 1 aliphatic heterocycles. The van der Waals surface area contributed by atoms with Crippen molar-refractivity contribution in [2.75, 3.05) is 31.6 Å². The third kappa shape index (κ3) is 6.41. The number of rotatable bonds is 7. The Morgan fingerprint density at radius 3 is 2.50 bits per heavy atom. The van der Waals surface area contributed by atoms with E-state index in [1.807, 2.05) is 0 Å². The molecule has 1 heterocycles. The number of sulfonamides is 1. The maximum atomic E-state index is 12.8. The van der Waals surface area contributed by atoms with E-state index < -0.39 is 10.0 Å². The highest BCUT2D eigenvalue weighted by Crippen LogP contribution is 2.31. The molecule has 0 aliphatic carbocycles. The number of hydrogen-bond acceptors (Lipinski definition) is 6. The number of nitrogens with one attached hydrogen (secondary N) is 1. The lowest BCUT2D eigenvalue weighted by Crippen LogP contribution is -2.40. The smallest absolute Gasteiger partial charge is 0.254 e. The van der Waals surface area contributed by atoms with E-state index in [0.717, 1.165) is 0 Å². The molecule has 0 aromatic heterocycles. The molecule has 1 fully saturated rings. The number of ether oxygens (including phenoxy) is 2. The van der Waals surface area contributed by atoms with Crippen LogP contribution in [0.25, 0.3) is 0 Å². The number of anilines is 1. The first-order valence-electron chi connectivity index (χ1n) is 11.1. The maximum Gasteiger partial charge on any atom is 0.254 e. The van der Waals surface area contributed by atoms with Crippen molar-refractivity contribution >= 4 is 39.1 Å². The van der Waals surface area contributed by atoms with Crippen LogP contribution in [0.15, 0.2) is 71.6 Å². The third-order valence-corrected chi connectivity index (χ3v) is 6.75. The lowest BCUT2D eigenvalue weighted by Gasteiger charge is -2.27. The topological polar surface area (TPSA) is 128 Å². The number of amides is 2. The van der Waals surface area contributed by atoms with Gasteiger partial charge in [0.1, 0.15) is 16.4 Å². The molecule has 0 saturated carbocycles. The van der Waals surface area contributed by atoms with Crippen molar-refractivity contribution in [1.29, 1.82) is 0 Å². The molecule has 1 aliphatic rings. The monoisotopic (exact) mass is 529 g/mol. The molecule has 11 heteroatoms. The normalized spacial score (nSPS) is 13.8. The van der Waals surface area contributed by atoms with Crippen LogP contribution in [0.4, 0.5) is 5.69 Å². The second kappa shape index (κ2) is 11.1. The van der Waals surface area contributed by atoms with Crippen LogP contribution in [0.5, 0.6) is 11.5 Å². The molecule has 3 N–H and O–H groups in total. The van der Waals surface area contributed by atoms with Crippen LogP contribution >= 0.6 is 11.6 Å². The lowest BCUT2D eigenvalue weighted by molar-refractivity contribution is -0.115. The minimum atomic E-state index is -4.21. The molecule has 0 bridgehead atoms. The predicted octanol–water partition coefficient (Wildman–Crippen LogP) is 3.43. The van der Waals surface area contributed by atoms with Gasteiger partial charge in [-0.3, -0.25) is 9.59 Å². The van der Waals surface area contributed by atoms with E-state index in [2.05, 4.69) is 5.32 Å². The summed E-state index contributed by atoms with van der Waals surface area (Å²) < 4.78 is 35.7. The van der Waals surface area contributed by atoms with Crippen molar-refractivity contribution < 1.29 is 27.5 Å². The molecule has 0 atom stereocenters. The number of primary sulfonamides is 1. The third-order valence-electron chi connectivity index (χ3n) is 5.45. The summed E-state index contributed by atoms with van der Waals surface area (Å²) in [6.07, 6.45) is 0.00654. The van der Waals surface area contributed by atoms with Crippen molar-refractivity contribution in [3.63, 3.8) is 0 Å². The van der Waals surface area contributed by atoms with Crippen LogP contribution in [-0.4, -0.2) is 51.4 Å². The summed E-state index contributed by atoms with van der Waals surface area (Å²) in [6, 6.07) is 17.5. The number of carbonyl (C=O) groups excluding carboxylic acids is 2. The minimum Gasteiger partial charge on any atom is -0.456 e. The largest absolute Gasteiger partial charge is 0.456 e. The van der Waals surface area contributed by atoms with Gasteiger partial charge in [0.2, 0.25) is 15.9 Å². The van der Waals surface area contributed by atoms with E-state index in [4.69, 9.17) is 26.2 Å². The standard InChI is InChI=1S/C25H24ClN3O6S/c26-21-7-2-1-4-17(21)15-24(30)28-19-8-9-22(23(16-19)36(27,32)33)35-20-6-3-5-18(14-20)25(31)29-10-12-34-13-11-29/h1-9,14,16H,10-13,15H2,(H,28,30)(H2,27,32,33). The summed E-state index contributed by atoms with van der Waals surface area (Å²) in [5.74, 6) is -0.342. The number of morpholine rings is 1. The van der Waals surface area contributed by atoms with Crippen LogP contribution in [0, 0.1) is 0 Å². The highest BCUT2D eigenvalue weighted by atomic mass is 35.5. The van der Waals surface area contributed by atoms with Gasteiger partial charge in [0.25, 0.3) is 5.91 Å². The van der Waals surface area contributed by atoms with Crippen molar-refractivity contribution in [3.8, 4) is 11.5 Å². The number of carbonyl (C=O) groups is 2. The van der Waals surface area contributed by atoms with E-state index in [9.17, 15) is 18.0 Å². The van der Waals surface area contributed by atoms with E-state index in [1.54, 1.807) is 47.4 Å². The Labute approximate surface area is 213 Å². The summed E-state index contributed by atoms with van der Waals surface area (Å²) >= 11 is 6.11. The molecule has 188 valence electrons. The first-order valence-corrected chi connectivity index (χ1v) is 13.0. The van der Waals surface area contributed by atoms with E-state index in [0.29, 0.717) is 42.5 Å². The highest BCUT2D eigenvalue weighted by Gasteiger charge is 2.21. The van der Waals surface area contributed by atoms with Gasteiger partial charge >= 0.3 is 0 Å².